The van der Waals surface area contributed by atoms with Gasteiger partial charge >= 0.3 is 6.09 Å². The molecule has 0 radical (unpaired) electrons. The number of aliphatic hydroxyl groups excluding tert-OH is 1. The van der Waals surface area contributed by atoms with Gasteiger partial charge in [-0.05, 0) is 46.5 Å². The molecule has 1 fully saturated rings. The minimum absolute atomic E-state index is 0.139. The smallest absolute Gasteiger partial charge is 0.410 e. The first kappa shape index (κ1) is 14.3. The van der Waals surface area contributed by atoms with E-state index in [4.69, 9.17) is 4.74 Å². The van der Waals surface area contributed by atoms with Crippen molar-refractivity contribution >= 4 is 6.09 Å². The predicted molar refractivity (Wildman–Crippen MR) is 66.9 cm³/mol. The maximum atomic E-state index is 12.0. The summed E-state index contributed by atoms with van der Waals surface area (Å²) in [6, 6.07) is 0.139. The molecule has 0 aliphatic carbocycles. The number of likely N-dealkylation sites (tertiary alicyclic amines) is 1. The summed E-state index contributed by atoms with van der Waals surface area (Å²) in [7, 11) is 0. The van der Waals surface area contributed by atoms with Crippen LogP contribution < -0.4 is 0 Å². The first-order valence-electron chi connectivity index (χ1n) is 6.51. The van der Waals surface area contributed by atoms with Gasteiger partial charge in [0.15, 0.2) is 0 Å². The maximum Gasteiger partial charge on any atom is 0.410 e. The van der Waals surface area contributed by atoms with Gasteiger partial charge in [-0.15, -0.1) is 0 Å². The van der Waals surface area contributed by atoms with Gasteiger partial charge < -0.3 is 14.7 Å². The molecule has 1 aliphatic heterocycles. The molecule has 2 atom stereocenters. The molecule has 17 heavy (non-hydrogen) atoms. The van der Waals surface area contributed by atoms with Crippen LogP contribution in [0.4, 0.5) is 4.79 Å². The minimum Gasteiger partial charge on any atom is -0.444 e. The van der Waals surface area contributed by atoms with E-state index in [-0.39, 0.29) is 18.2 Å². The Morgan fingerprint density at radius 1 is 1.53 bits per heavy atom. The number of hydrogen-bond acceptors (Lipinski definition) is 3. The molecular weight excluding hydrogens is 218 g/mol. The highest BCUT2D eigenvalue weighted by atomic mass is 16.6. The molecule has 4 nitrogen and oxygen atoms in total. The molecule has 2 unspecified atom stereocenters. The number of rotatable bonds is 3. The van der Waals surface area contributed by atoms with E-state index >= 15 is 0 Å². The van der Waals surface area contributed by atoms with Crippen molar-refractivity contribution in [2.24, 2.45) is 0 Å². The predicted octanol–water partition coefficient (Wildman–Crippen LogP) is 2.55. The van der Waals surface area contributed by atoms with Crippen molar-refractivity contribution in [3.8, 4) is 0 Å². The Labute approximate surface area is 104 Å². The molecule has 1 amide bonds. The SMILES string of the molecule is CCC(O)CC1CCCN1C(=O)OC(C)(C)C. The highest BCUT2D eigenvalue weighted by Crippen LogP contribution is 2.24. The van der Waals surface area contributed by atoms with Gasteiger partial charge in [-0.1, -0.05) is 6.92 Å². The monoisotopic (exact) mass is 243 g/mol. The molecule has 0 aromatic rings. The van der Waals surface area contributed by atoms with Crippen LogP contribution in [0.25, 0.3) is 0 Å². The largest absolute Gasteiger partial charge is 0.444 e. The van der Waals surface area contributed by atoms with Crippen LogP contribution in [0.1, 0.15) is 53.4 Å². The molecule has 0 saturated carbocycles. The minimum atomic E-state index is -0.451. The zero-order valence-corrected chi connectivity index (χ0v) is 11.4. The summed E-state index contributed by atoms with van der Waals surface area (Å²) in [6.07, 6.45) is 2.80. The Morgan fingerprint density at radius 3 is 2.71 bits per heavy atom. The number of aliphatic hydroxyl groups is 1. The molecular formula is C13H25NO3. The highest BCUT2D eigenvalue weighted by Gasteiger charge is 2.32. The fourth-order valence-electron chi connectivity index (χ4n) is 2.12. The first-order chi connectivity index (χ1) is 7.83. The van der Waals surface area contributed by atoms with E-state index in [0.717, 1.165) is 25.8 Å². The fraction of sp³-hybridized carbons (Fsp3) is 0.923. The van der Waals surface area contributed by atoms with E-state index in [9.17, 15) is 9.90 Å². The lowest BCUT2D eigenvalue weighted by atomic mass is 10.1. The number of ether oxygens (including phenoxy) is 1. The highest BCUT2D eigenvalue weighted by molar-refractivity contribution is 5.68. The van der Waals surface area contributed by atoms with Crippen molar-refractivity contribution in [1.82, 2.24) is 4.90 Å². The second-order valence-corrected chi connectivity index (χ2v) is 5.77. The van der Waals surface area contributed by atoms with Crippen LogP contribution in [0, 0.1) is 0 Å². The molecule has 0 aromatic carbocycles. The standard InChI is InChI=1S/C13H25NO3/c1-5-11(15)9-10-7-6-8-14(10)12(16)17-13(2,3)4/h10-11,15H,5-9H2,1-4H3. The fourth-order valence-corrected chi connectivity index (χ4v) is 2.12. The molecule has 0 aromatic heterocycles. The van der Waals surface area contributed by atoms with E-state index in [2.05, 4.69) is 0 Å². The van der Waals surface area contributed by atoms with Crippen LogP contribution in [0.5, 0.6) is 0 Å². The summed E-state index contributed by atoms with van der Waals surface area (Å²) in [5.41, 5.74) is -0.451. The van der Waals surface area contributed by atoms with E-state index in [0.29, 0.717) is 6.42 Å². The quantitative estimate of drug-likeness (QED) is 0.828. The van der Waals surface area contributed by atoms with Crippen LogP contribution in [0.15, 0.2) is 0 Å². The van der Waals surface area contributed by atoms with Crippen LogP contribution in [0.3, 0.4) is 0 Å². The molecule has 4 heteroatoms. The van der Waals surface area contributed by atoms with Crippen LogP contribution in [-0.4, -0.2) is 40.4 Å². The Hall–Kier alpha value is -0.770. The van der Waals surface area contributed by atoms with Gasteiger partial charge in [-0.25, -0.2) is 4.79 Å². The van der Waals surface area contributed by atoms with Crippen molar-refractivity contribution in [3.05, 3.63) is 0 Å². The number of nitrogens with zero attached hydrogens (tertiary/aromatic N) is 1. The summed E-state index contributed by atoms with van der Waals surface area (Å²) in [4.78, 5) is 13.7. The average molecular weight is 243 g/mol. The Bertz CT molecular complexity index is 260. The molecule has 1 saturated heterocycles. The van der Waals surface area contributed by atoms with Gasteiger partial charge in [-0.2, -0.15) is 0 Å². The van der Waals surface area contributed by atoms with Crippen molar-refractivity contribution in [2.75, 3.05) is 6.54 Å². The lowest BCUT2D eigenvalue weighted by Gasteiger charge is -2.29. The summed E-state index contributed by atoms with van der Waals surface area (Å²) in [5, 5.41) is 9.67. The van der Waals surface area contributed by atoms with Crippen molar-refractivity contribution in [1.29, 1.82) is 0 Å². The summed E-state index contributed by atoms with van der Waals surface area (Å²) >= 11 is 0. The van der Waals surface area contributed by atoms with Crippen LogP contribution in [-0.2, 0) is 4.74 Å². The van der Waals surface area contributed by atoms with E-state index in [1.165, 1.54) is 0 Å². The Kier molecular flexibility index (Phi) is 4.80. The second-order valence-electron chi connectivity index (χ2n) is 5.77. The zero-order valence-electron chi connectivity index (χ0n) is 11.4. The van der Waals surface area contributed by atoms with Gasteiger partial charge in [0, 0.05) is 12.6 Å². The zero-order chi connectivity index (χ0) is 13.1. The van der Waals surface area contributed by atoms with Gasteiger partial charge in [0.25, 0.3) is 0 Å². The molecule has 0 spiro atoms. The van der Waals surface area contributed by atoms with E-state index in [1.807, 2.05) is 27.7 Å². The van der Waals surface area contributed by atoms with Crippen molar-refractivity contribution in [2.45, 2.75) is 71.1 Å². The molecule has 1 rings (SSSR count). The van der Waals surface area contributed by atoms with Crippen molar-refractivity contribution in [3.63, 3.8) is 0 Å². The molecule has 100 valence electrons. The topological polar surface area (TPSA) is 49.8 Å². The molecule has 1 heterocycles. The first-order valence-corrected chi connectivity index (χ1v) is 6.51. The lowest BCUT2D eigenvalue weighted by Crippen LogP contribution is -2.41. The Balaban J connectivity index is 2.54. The normalized spacial score (nSPS) is 22.6. The summed E-state index contributed by atoms with van der Waals surface area (Å²) in [6.45, 7) is 8.32. The molecule has 0 bridgehead atoms. The number of hydrogen-bond donors (Lipinski definition) is 1. The average Bonchev–Trinajstić information content (AvgIpc) is 2.63. The maximum absolute atomic E-state index is 12.0. The third kappa shape index (κ3) is 4.54. The number of carbonyl (C=O) groups is 1. The van der Waals surface area contributed by atoms with Gasteiger partial charge in [0.1, 0.15) is 5.60 Å². The third-order valence-corrected chi connectivity index (χ3v) is 3.02. The molecule has 1 aliphatic rings. The van der Waals surface area contributed by atoms with E-state index in [1.54, 1.807) is 4.90 Å². The summed E-state index contributed by atoms with van der Waals surface area (Å²) < 4.78 is 5.37. The lowest BCUT2D eigenvalue weighted by molar-refractivity contribution is 0.0178. The second kappa shape index (κ2) is 5.71. The molecule has 1 N–H and O–H groups in total. The van der Waals surface area contributed by atoms with Gasteiger partial charge in [0.2, 0.25) is 0 Å². The number of carbonyl (C=O) groups excluding carboxylic acids is 1. The van der Waals surface area contributed by atoms with Gasteiger partial charge in [-0.3, -0.25) is 0 Å². The van der Waals surface area contributed by atoms with Crippen LogP contribution in [0.2, 0.25) is 0 Å². The number of amides is 1. The Morgan fingerprint density at radius 2 is 2.18 bits per heavy atom. The van der Waals surface area contributed by atoms with Crippen LogP contribution >= 0.6 is 0 Å². The third-order valence-electron chi connectivity index (χ3n) is 3.02. The summed E-state index contributed by atoms with van der Waals surface area (Å²) in [5.74, 6) is 0. The van der Waals surface area contributed by atoms with Crippen molar-refractivity contribution < 1.29 is 14.6 Å². The van der Waals surface area contributed by atoms with E-state index < -0.39 is 5.60 Å². The van der Waals surface area contributed by atoms with Gasteiger partial charge in [0.05, 0.1) is 6.10 Å².